The number of aromatic nitrogens is 4. The highest BCUT2D eigenvalue weighted by atomic mass is 16.5. The summed E-state index contributed by atoms with van der Waals surface area (Å²) in [6, 6.07) is 3.16. The molecule has 6 heteroatoms. The van der Waals surface area contributed by atoms with Gasteiger partial charge in [0.25, 0.3) is 5.56 Å². The molecule has 0 fully saturated rings. The number of rotatable bonds is 2. The first kappa shape index (κ1) is 10.4. The molecule has 0 saturated heterocycles. The monoisotopic (exact) mass is 220 g/mol. The summed E-state index contributed by atoms with van der Waals surface area (Å²) in [5.41, 5.74) is 0.739. The Labute approximate surface area is 92.1 Å². The van der Waals surface area contributed by atoms with E-state index in [4.69, 9.17) is 4.74 Å². The smallest absolute Gasteiger partial charge is 0.273 e. The van der Waals surface area contributed by atoms with Crippen LogP contribution in [-0.4, -0.2) is 26.4 Å². The maximum Gasteiger partial charge on any atom is 0.273 e. The normalized spacial score (nSPS) is 10.4. The van der Waals surface area contributed by atoms with Crippen molar-refractivity contribution in [2.24, 2.45) is 7.05 Å². The molecule has 0 aliphatic rings. The average Bonchev–Trinajstić information content (AvgIpc) is 2.53. The molecule has 0 amide bonds. The van der Waals surface area contributed by atoms with E-state index in [-0.39, 0.29) is 5.56 Å². The predicted molar refractivity (Wildman–Crippen MR) is 57.9 cm³/mol. The SMILES string of the molecule is COc1cc(-n2c(=O)cc(C)n2C)ncn1. The quantitative estimate of drug-likeness (QED) is 0.729. The van der Waals surface area contributed by atoms with Crippen LogP contribution in [0.25, 0.3) is 5.82 Å². The largest absolute Gasteiger partial charge is 0.481 e. The van der Waals surface area contributed by atoms with Crippen LogP contribution in [0.3, 0.4) is 0 Å². The lowest BCUT2D eigenvalue weighted by Gasteiger charge is -2.07. The zero-order chi connectivity index (χ0) is 11.7. The number of aryl methyl sites for hydroxylation is 1. The summed E-state index contributed by atoms with van der Waals surface area (Å²) in [6.45, 7) is 1.86. The molecule has 0 atom stereocenters. The maximum atomic E-state index is 11.7. The van der Waals surface area contributed by atoms with Gasteiger partial charge in [-0.05, 0) is 6.92 Å². The molecule has 0 N–H and O–H groups in total. The number of ether oxygens (including phenoxy) is 1. The first-order chi connectivity index (χ1) is 7.63. The van der Waals surface area contributed by atoms with Gasteiger partial charge in [-0.25, -0.2) is 9.97 Å². The number of hydrogen-bond acceptors (Lipinski definition) is 4. The summed E-state index contributed by atoms with van der Waals surface area (Å²) < 4.78 is 8.17. The highest BCUT2D eigenvalue weighted by Gasteiger charge is 2.09. The summed E-state index contributed by atoms with van der Waals surface area (Å²) in [7, 11) is 3.32. The molecule has 0 radical (unpaired) electrons. The average molecular weight is 220 g/mol. The van der Waals surface area contributed by atoms with Crippen molar-refractivity contribution in [1.82, 2.24) is 19.3 Å². The Balaban J connectivity index is 2.62. The van der Waals surface area contributed by atoms with Crippen LogP contribution in [-0.2, 0) is 7.05 Å². The van der Waals surface area contributed by atoms with Crippen molar-refractivity contribution in [2.45, 2.75) is 6.92 Å². The van der Waals surface area contributed by atoms with Gasteiger partial charge in [-0.15, -0.1) is 0 Å². The van der Waals surface area contributed by atoms with Crippen molar-refractivity contribution >= 4 is 0 Å². The summed E-state index contributed by atoms with van der Waals surface area (Å²) in [5.74, 6) is 0.920. The summed E-state index contributed by atoms with van der Waals surface area (Å²) in [4.78, 5) is 19.6. The second-order valence-electron chi connectivity index (χ2n) is 3.38. The van der Waals surface area contributed by atoms with Crippen molar-refractivity contribution in [2.75, 3.05) is 7.11 Å². The third-order valence-corrected chi connectivity index (χ3v) is 2.41. The van der Waals surface area contributed by atoms with Gasteiger partial charge in [0.05, 0.1) is 7.11 Å². The lowest BCUT2D eigenvalue weighted by Crippen LogP contribution is -2.20. The van der Waals surface area contributed by atoms with Crippen LogP contribution < -0.4 is 10.3 Å². The third-order valence-electron chi connectivity index (χ3n) is 2.41. The van der Waals surface area contributed by atoms with Crippen LogP contribution in [0.4, 0.5) is 0 Å². The minimum Gasteiger partial charge on any atom is -0.481 e. The molecule has 6 nitrogen and oxygen atoms in total. The van der Waals surface area contributed by atoms with E-state index in [1.54, 1.807) is 23.9 Å². The van der Waals surface area contributed by atoms with Crippen molar-refractivity contribution in [3.8, 4) is 11.7 Å². The molecule has 2 aromatic rings. The number of methoxy groups -OCH3 is 1. The Hall–Kier alpha value is -2.11. The highest BCUT2D eigenvalue weighted by Crippen LogP contribution is 2.09. The fourth-order valence-electron chi connectivity index (χ4n) is 1.46. The lowest BCUT2D eigenvalue weighted by molar-refractivity contribution is 0.396. The molecular weight excluding hydrogens is 208 g/mol. The molecule has 0 unspecified atom stereocenters. The van der Waals surface area contributed by atoms with Crippen molar-refractivity contribution in [1.29, 1.82) is 0 Å². The molecule has 2 rings (SSSR count). The van der Waals surface area contributed by atoms with Gasteiger partial charge in [0.1, 0.15) is 6.33 Å². The first-order valence-electron chi connectivity index (χ1n) is 4.75. The van der Waals surface area contributed by atoms with Gasteiger partial charge in [0.15, 0.2) is 5.82 Å². The van der Waals surface area contributed by atoms with Crippen molar-refractivity contribution < 1.29 is 4.74 Å². The summed E-state index contributed by atoms with van der Waals surface area (Å²) in [5, 5.41) is 0. The zero-order valence-electron chi connectivity index (χ0n) is 9.34. The van der Waals surface area contributed by atoms with Gasteiger partial charge in [-0.3, -0.25) is 9.48 Å². The summed E-state index contributed by atoms with van der Waals surface area (Å²) >= 11 is 0. The second-order valence-corrected chi connectivity index (χ2v) is 3.38. The molecule has 0 saturated carbocycles. The van der Waals surface area contributed by atoms with E-state index in [1.807, 2.05) is 6.92 Å². The maximum absolute atomic E-state index is 11.7. The van der Waals surface area contributed by atoms with E-state index in [0.717, 1.165) is 5.69 Å². The standard InChI is InChI=1S/C10H12N4O2/c1-7-4-10(15)14(13(7)2)8-5-9(16-3)12-6-11-8/h4-6H,1-3H3. The zero-order valence-corrected chi connectivity index (χ0v) is 9.34. The highest BCUT2D eigenvalue weighted by molar-refractivity contribution is 5.26. The summed E-state index contributed by atoms with van der Waals surface area (Å²) in [6.07, 6.45) is 1.36. The Morgan fingerprint density at radius 3 is 2.62 bits per heavy atom. The van der Waals surface area contributed by atoms with Crippen LogP contribution in [0, 0.1) is 6.92 Å². The van der Waals surface area contributed by atoms with Gasteiger partial charge in [-0.1, -0.05) is 0 Å². The van der Waals surface area contributed by atoms with Crippen LogP contribution in [0.1, 0.15) is 5.69 Å². The topological polar surface area (TPSA) is 61.9 Å². The fraction of sp³-hybridized carbons (Fsp3) is 0.300. The van der Waals surface area contributed by atoms with Crippen LogP contribution in [0.2, 0.25) is 0 Å². The van der Waals surface area contributed by atoms with Crippen LogP contribution in [0.5, 0.6) is 5.88 Å². The van der Waals surface area contributed by atoms with Gasteiger partial charge in [0.2, 0.25) is 5.88 Å². The minimum absolute atomic E-state index is 0.124. The molecule has 16 heavy (non-hydrogen) atoms. The van der Waals surface area contributed by atoms with E-state index < -0.39 is 0 Å². The van der Waals surface area contributed by atoms with E-state index in [0.29, 0.717) is 11.7 Å². The van der Waals surface area contributed by atoms with E-state index in [9.17, 15) is 4.79 Å². The van der Waals surface area contributed by atoms with Crippen LogP contribution >= 0.6 is 0 Å². The molecule has 0 aliphatic heterocycles. The van der Waals surface area contributed by atoms with Crippen LogP contribution in [0.15, 0.2) is 23.3 Å². The molecule has 0 spiro atoms. The Morgan fingerprint density at radius 2 is 2.06 bits per heavy atom. The minimum atomic E-state index is -0.124. The lowest BCUT2D eigenvalue weighted by atomic mass is 10.5. The first-order valence-corrected chi connectivity index (χ1v) is 4.75. The Kier molecular flexibility index (Phi) is 2.47. The van der Waals surface area contributed by atoms with Gasteiger partial charge in [0, 0.05) is 24.9 Å². The third kappa shape index (κ3) is 1.58. The van der Waals surface area contributed by atoms with Gasteiger partial charge in [-0.2, -0.15) is 4.68 Å². The molecule has 0 aliphatic carbocycles. The molecule has 2 heterocycles. The van der Waals surface area contributed by atoms with Crippen molar-refractivity contribution in [3.63, 3.8) is 0 Å². The Morgan fingerprint density at radius 1 is 1.31 bits per heavy atom. The Bertz CT molecular complexity index is 570. The molecule has 84 valence electrons. The van der Waals surface area contributed by atoms with Gasteiger partial charge >= 0.3 is 0 Å². The van der Waals surface area contributed by atoms with Gasteiger partial charge < -0.3 is 4.74 Å². The van der Waals surface area contributed by atoms with E-state index in [1.165, 1.54) is 18.1 Å². The predicted octanol–water partition coefficient (Wildman–Crippen LogP) is 0.283. The molecule has 2 aromatic heterocycles. The fourth-order valence-corrected chi connectivity index (χ4v) is 1.46. The number of hydrogen-bond donors (Lipinski definition) is 0. The molecular formula is C10H12N4O2. The molecule has 0 aromatic carbocycles. The second kappa shape index (κ2) is 3.80. The van der Waals surface area contributed by atoms with E-state index >= 15 is 0 Å². The van der Waals surface area contributed by atoms with Crippen molar-refractivity contribution in [3.05, 3.63) is 34.5 Å². The number of nitrogens with zero attached hydrogens (tertiary/aromatic N) is 4. The van der Waals surface area contributed by atoms with E-state index in [2.05, 4.69) is 9.97 Å². The molecule has 0 bridgehead atoms.